The molecule has 3 fully saturated rings. The van der Waals surface area contributed by atoms with E-state index in [4.69, 9.17) is 27.6 Å². The number of amides is 4. The number of fused-ring (bicyclic) bond motifs is 4. The standard InChI is InChI=1S/C33H27Cl2F3N4O6/c1-2-41-28(44)20-9-8-19-21(25(20)30(41)46)12-22-29(45)42(40-27-23(35)11-16(13-39-27)33(36,37)38)31(47)32(22,15-3-5-17(34)6-4-15)26(19)24-10-7-18(14-43)48-24/h3-8,10-11,13,20-22,25-26,43H,2,9,12,14H2,1H3,(H,39,40)/t20-,21+,22-,25-,26+,32+/m0/s1. The number of allylic oxidation sites excluding steroid dienone is 2. The van der Waals surface area contributed by atoms with Crippen LogP contribution >= 0.6 is 23.2 Å². The Morgan fingerprint density at radius 1 is 1.04 bits per heavy atom. The molecule has 6 atom stereocenters. The molecule has 10 nitrogen and oxygen atoms in total. The quantitative estimate of drug-likeness (QED) is 0.254. The number of aromatic nitrogens is 1. The molecule has 2 N–H and O–H groups in total. The maximum Gasteiger partial charge on any atom is 0.417 e. The highest BCUT2D eigenvalue weighted by molar-refractivity contribution is 6.33. The molecule has 2 aromatic heterocycles. The number of carbonyl (C=O) groups is 4. The summed E-state index contributed by atoms with van der Waals surface area (Å²) in [7, 11) is 0. The Labute approximate surface area is 281 Å². The van der Waals surface area contributed by atoms with Gasteiger partial charge in [0.15, 0.2) is 5.82 Å². The molecule has 7 rings (SSSR count). The fraction of sp³-hybridized carbons (Fsp3) is 0.364. The average molecular weight is 704 g/mol. The van der Waals surface area contributed by atoms with Crippen LogP contribution in [0.3, 0.4) is 0 Å². The van der Waals surface area contributed by atoms with Gasteiger partial charge in [-0.1, -0.05) is 47.0 Å². The summed E-state index contributed by atoms with van der Waals surface area (Å²) in [5.41, 5.74) is 0.761. The minimum absolute atomic E-state index is 0.00675. The van der Waals surface area contributed by atoms with E-state index >= 15 is 0 Å². The normalized spacial score (nSPS) is 28.4. The van der Waals surface area contributed by atoms with Crippen molar-refractivity contribution >= 4 is 52.6 Å². The highest BCUT2D eigenvalue weighted by atomic mass is 35.5. The number of carbonyl (C=O) groups excluding carboxylic acids is 4. The van der Waals surface area contributed by atoms with Crippen LogP contribution in [0.15, 0.2) is 64.7 Å². The van der Waals surface area contributed by atoms with Crippen LogP contribution in [0.1, 0.15) is 48.3 Å². The molecule has 1 saturated carbocycles. The molecule has 4 aliphatic rings. The molecule has 2 saturated heterocycles. The first-order valence-electron chi connectivity index (χ1n) is 15.2. The molecule has 15 heteroatoms. The van der Waals surface area contributed by atoms with E-state index in [0.29, 0.717) is 33.4 Å². The molecule has 2 aliphatic heterocycles. The smallest absolute Gasteiger partial charge is 0.417 e. The monoisotopic (exact) mass is 702 g/mol. The number of aliphatic hydroxyl groups excluding tert-OH is 1. The zero-order chi connectivity index (χ0) is 34.3. The van der Waals surface area contributed by atoms with Gasteiger partial charge in [-0.05, 0) is 61.6 Å². The summed E-state index contributed by atoms with van der Waals surface area (Å²) in [4.78, 5) is 61.5. The largest absolute Gasteiger partial charge is 0.463 e. The molecule has 48 heavy (non-hydrogen) atoms. The third-order valence-corrected chi connectivity index (χ3v) is 10.6. The Kier molecular flexibility index (Phi) is 7.72. The molecular weight excluding hydrogens is 676 g/mol. The maximum absolute atomic E-state index is 15.0. The Balaban J connectivity index is 1.42. The van der Waals surface area contributed by atoms with Crippen molar-refractivity contribution < 1.29 is 41.9 Å². The Morgan fingerprint density at radius 2 is 1.77 bits per heavy atom. The highest BCUT2D eigenvalue weighted by Gasteiger charge is 2.71. The molecule has 0 spiro atoms. The summed E-state index contributed by atoms with van der Waals surface area (Å²) in [5, 5.41) is 10.5. The molecule has 0 bridgehead atoms. The van der Waals surface area contributed by atoms with Gasteiger partial charge in [0.2, 0.25) is 11.8 Å². The lowest BCUT2D eigenvalue weighted by Crippen LogP contribution is -2.53. The minimum atomic E-state index is -4.74. The summed E-state index contributed by atoms with van der Waals surface area (Å²) in [6.45, 7) is 1.44. The summed E-state index contributed by atoms with van der Waals surface area (Å²) < 4.78 is 46.1. The van der Waals surface area contributed by atoms with E-state index in [-0.39, 0.29) is 48.5 Å². The van der Waals surface area contributed by atoms with Crippen molar-refractivity contribution in [2.24, 2.45) is 23.7 Å². The Morgan fingerprint density at radius 3 is 2.40 bits per heavy atom. The number of anilines is 1. The number of aliphatic hydroxyl groups is 1. The summed E-state index contributed by atoms with van der Waals surface area (Å²) in [6, 6.07) is 10.1. The van der Waals surface area contributed by atoms with Crippen molar-refractivity contribution in [1.29, 1.82) is 0 Å². The number of hydrogen-bond donors (Lipinski definition) is 2. The number of halogens is 5. The van der Waals surface area contributed by atoms with Gasteiger partial charge >= 0.3 is 6.18 Å². The van der Waals surface area contributed by atoms with Gasteiger partial charge < -0.3 is 9.52 Å². The number of rotatable bonds is 6. The van der Waals surface area contributed by atoms with Crippen molar-refractivity contribution in [1.82, 2.24) is 14.9 Å². The zero-order valence-corrected chi connectivity index (χ0v) is 26.6. The van der Waals surface area contributed by atoms with Gasteiger partial charge in [0.05, 0.1) is 34.3 Å². The average Bonchev–Trinajstić information content (AvgIpc) is 3.69. The third-order valence-electron chi connectivity index (χ3n) is 10.1. The maximum atomic E-state index is 15.0. The van der Waals surface area contributed by atoms with Gasteiger partial charge in [0.1, 0.15) is 23.5 Å². The number of imide groups is 2. The van der Waals surface area contributed by atoms with Crippen LogP contribution in [0.25, 0.3) is 0 Å². The number of furan rings is 1. The number of benzene rings is 1. The molecular formula is C33H27Cl2F3N4O6. The van der Waals surface area contributed by atoms with Crippen molar-refractivity contribution in [2.45, 2.75) is 43.9 Å². The van der Waals surface area contributed by atoms with Crippen LogP contribution in [0, 0.1) is 23.7 Å². The SMILES string of the molecule is CCN1C(=O)[C@H]2[C@H](CC=C3[C@H]2C[C@H]2C(=O)N(Nc4ncc(C(F)(F)F)cc4Cl)C(=O)[C@@]2(c2ccc(Cl)cc2)[C@H]3c2ccc(CO)o2)C1=O. The topological polar surface area (TPSA) is 133 Å². The van der Waals surface area contributed by atoms with Gasteiger partial charge in [0.25, 0.3) is 11.8 Å². The fourth-order valence-corrected chi connectivity index (χ4v) is 8.44. The Bertz CT molecular complexity index is 1900. The molecule has 0 unspecified atom stereocenters. The van der Waals surface area contributed by atoms with E-state index in [1.807, 2.05) is 6.08 Å². The summed E-state index contributed by atoms with van der Waals surface area (Å²) in [5.74, 6) is -6.31. The number of hydrogen-bond acceptors (Lipinski definition) is 8. The molecule has 250 valence electrons. The predicted octanol–water partition coefficient (Wildman–Crippen LogP) is 5.50. The van der Waals surface area contributed by atoms with Crippen LogP contribution in [0.4, 0.5) is 19.0 Å². The number of nitrogens with one attached hydrogen (secondary N) is 1. The van der Waals surface area contributed by atoms with E-state index in [2.05, 4.69) is 10.4 Å². The molecule has 1 aromatic carbocycles. The minimum Gasteiger partial charge on any atom is -0.463 e. The molecule has 2 aliphatic carbocycles. The lowest BCUT2D eigenvalue weighted by Gasteiger charge is -2.49. The first kappa shape index (κ1) is 32.4. The van der Waals surface area contributed by atoms with Gasteiger partial charge in [0, 0.05) is 17.8 Å². The van der Waals surface area contributed by atoms with Crippen molar-refractivity contribution in [3.63, 3.8) is 0 Å². The molecule has 4 heterocycles. The second-order valence-corrected chi connectivity index (χ2v) is 13.1. The summed E-state index contributed by atoms with van der Waals surface area (Å²) >= 11 is 12.4. The van der Waals surface area contributed by atoms with Crippen molar-refractivity contribution in [3.8, 4) is 0 Å². The second-order valence-electron chi connectivity index (χ2n) is 12.3. The van der Waals surface area contributed by atoms with Crippen molar-refractivity contribution in [2.75, 3.05) is 12.0 Å². The fourth-order valence-electron chi connectivity index (χ4n) is 8.10. The molecule has 3 aromatic rings. The number of nitrogens with zero attached hydrogens (tertiary/aromatic N) is 3. The number of likely N-dealkylation sites (tertiary alicyclic amines) is 1. The second kappa shape index (κ2) is 11.5. The Hall–Kier alpha value is -4.20. The van der Waals surface area contributed by atoms with Crippen molar-refractivity contribution in [3.05, 3.63) is 93.0 Å². The van der Waals surface area contributed by atoms with E-state index in [1.54, 1.807) is 43.3 Å². The zero-order valence-electron chi connectivity index (χ0n) is 25.1. The van der Waals surface area contributed by atoms with E-state index in [9.17, 15) is 37.5 Å². The van der Waals surface area contributed by atoms with Crippen LogP contribution in [-0.2, 0) is 37.4 Å². The lowest BCUT2D eigenvalue weighted by molar-refractivity contribution is -0.141. The van der Waals surface area contributed by atoms with Gasteiger partial charge in [-0.2, -0.15) is 18.2 Å². The third kappa shape index (κ3) is 4.61. The molecule has 4 amide bonds. The number of alkyl halides is 3. The first-order chi connectivity index (χ1) is 22.8. The van der Waals surface area contributed by atoms with Crippen LogP contribution in [0.2, 0.25) is 10.0 Å². The number of pyridine rings is 1. The van der Waals surface area contributed by atoms with Gasteiger partial charge in [-0.25, -0.2) is 4.98 Å². The highest BCUT2D eigenvalue weighted by Crippen LogP contribution is 2.64. The van der Waals surface area contributed by atoms with Gasteiger partial charge in [-0.3, -0.25) is 29.5 Å². The van der Waals surface area contributed by atoms with E-state index < -0.39 is 70.2 Å². The summed E-state index contributed by atoms with van der Waals surface area (Å²) in [6.07, 6.45) is -2.14. The molecule has 0 radical (unpaired) electrons. The number of hydrazine groups is 1. The lowest BCUT2D eigenvalue weighted by atomic mass is 9.50. The predicted molar refractivity (Wildman–Crippen MR) is 164 cm³/mol. The van der Waals surface area contributed by atoms with Gasteiger partial charge in [-0.15, -0.1) is 0 Å². The van der Waals surface area contributed by atoms with Crippen LogP contribution < -0.4 is 5.43 Å². The first-order valence-corrected chi connectivity index (χ1v) is 16.0. The van der Waals surface area contributed by atoms with E-state index in [0.717, 1.165) is 0 Å². The van der Waals surface area contributed by atoms with E-state index in [1.165, 1.54) is 4.90 Å². The van der Waals surface area contributed by atoms with Crippen LogP contribution in [-0.4, -0.2) is 50.2 Å². The van der Waals surface area contributed by atoms with Crippen LogP contribution in [0.5, 0.6) is 0 Å².